The quantitative estimate of drug-likeness (QED) is 0.661. The van der Waals surface area contributed by atoms with Crippen LogP contribution in [0.15, 0.2) is 54.9 Å². The van der Waals surface area contributed by atoms with Gasteiger partial charge in [0.05, 0.1) is 24.1 Å². The number of fused-ring (bicyclic) bond motifs is 1. The van der Waals surface area contributed by atoms with Crippen molar-refractivity contribution in [1.29, 1.82) is 0 Å². The standard InChI is InChI=1S/C19H20N2O2/c1-2-12-22-16-9-7-15(8-10-16)11-13-23-19-17-5-3-4-6-18(17)20-14-21-19/h3-10,14H,2,11-13H2,1H3. The number of para-hydroxylation sites is 1. The zero-order valence-electron chi connectivity index (χ0n) is 13.2. The first-order valence-corrected chi connectivity index (χ1v) is 7.91. The lowest BCUT2D eigenvalue weighted by molar-refractivity contribution is 0.311. The maximum atomic E-state index is 5.84. The van der Waals surface area contributed by atoms with E-state index in [1.165, 1.54) is 11.9 Å². The van der Waals surface area contributed by atoms with E-state index in [9.17, 15) is 0 Å². The number of hydrogen-bond acceptors (Lipinski definition) is 4. The molecule has 2 aromatic carbocycles. The molecular formula is C19H20N2O2. The molecule has 0 aliphatic carbocycles. The second-order valence-corrected chi connectivity index (χ2v) is 5.29. The molecule has 0 saturated carbocycles. The third-order valence-electron chi connectivity index (χ3n) is 3.53. The van der Waals surface area contributed by atoms with Crippen molar-refractivity contribution in [1.82, 2.24) is 9.97 Å². The van der Waals surface area contributed by atoms with E-state index in [0.717, 1.165) is 36.1 Å². The molecule has 4 nitrogen and oxygen atoms in total. The lowest BCUT2D eigenvalue weighted by atomic mass is 10.1. The van der Waals surface area contributed by atoms with Gasteiger partial charge in [0.1, 0.15) is 12.1 Å². The third kappa shape index (κ3) is 3.97. The van der Waals surface area contributed by atoms with Gasteiger partial charge >= 0.3 is 0 Å². The molecule has 0 saturated heterocycles. The maximum Gasteiger partial charge on any atom is 0.224 e. The summed E-state index contributed by atoms with van der Waals surface area (Å²) >= 11 is 0. The summed E-state index contributed by atoms with van der Waals surface area (Å²) in [4.78, 5) is 8.47. The molecule has 3 aromatic rings. The molecule has 0 bridgehead atoms. The summed E-state index contributed by atoms with van der Waals surface area (Å²) in [7, 11) is 0. The minimum absolute atomic E-state index is 0.580. The van der Waals surface area contributed by atoms with Crippen LogP contribution in [0.3, 0.4) is 0 Å². The lowest BCUT2D eigenvalue weighted by Crippen LogP contribution is -2.03. The van der Waals surface area contributed by atoms with E-state index in [0.29, 0.717) is 12.5 Å². The van der Waals surface area contributed by atoms with Gasteiger partial charge in [-0.2, -0.15) is 0 Å². The molecular weight excluding hydrogens is 288 g/mol. The molecule has 0 spiro atoms. The predicted octanol–water partition coefficient (Wildman–Crippen LogP) is 4.04. The van der Waals surface area contributed by atoms with E-state index >= 15 is 0 Å². The molecule has 0 unspecified atom stereocenters. The largest absolute Gasteiger partial charge is 0.494 e. The molecule has 0 aliphatic rings. The molecule has 23 heavy (non-hydrogen) atoms. The highest BCUT2D eigenvalue weighted by Gasteiger charge is 2.04. The Morgan fingerprint density at radius 3 is 2.52 bits per heavy atom. The Kier molecular flexibility index (Phi) is 5.04. The average Bonchev–Trinajstić information content (AvgIpc) is 2.61. The van der Waals surface area contributed by atoms with Gasteiger partial charge in [0.15, 0.2) is 0 Å². The zero-order chi connectivity index (χ0) is 15.9. The van der Waals surface area contributed by atoms with Crippen molar-refractivity contribution in [3.63, 3.8) is 0 Å². The molecule has 0 aliphatic heterocycles. The maximum absolute atomic E-state index is 5.84. The van der Waals surface area contributed by atoms with E-state index in [1.54, 1.807) is 0 Å². The smallest absolute Gasteiger partial charge is 0.224 e. The van der Waals surface area contributed by atoms with Gasteiger partial charge in [-0.15, -0.1) is 0 Å². The highest BCUT2D eigenvalue weighted by molar-refractivity contribution is 5.82. The highest BCUT2D eigenvalue weighted by Crippen LogP contribution is 2.20. The molecule has 0 atom stereocenters. The molecule has 0 N–H and O–H groups in total. The van der Waals surface area contributed by atoms with Crippen molar-refractivity contribution in [2.24, 2.45) is 0 Å². The van der Waals surface area contributed by atoms with Crippen LogP contribution in [0.5, 0.6) is 11.6 Å². The van der Waals surface area contributed by atoms with E-state index in [-0.39, 0.29) is 0 Å². The van der Waals surface area contributed by atoms with Crippen LogP contribution in [0, 0.1) is 0 Å². The van der Waals surface area contributed by atoms with E-state index in [2.05, 4.69) is 29.0 Å². The van der Waals surface area contributed by atoms with Crippen LogP contribution in [0.4, 0.5) is 0 Å². The van der Waals surface area contributed by atoms with Crippen molar-refractivity contribution < 1.29 is 9.47 Å². The van der Waals surface area contributed by atoms with Gasteiger partial charge in [-0.05, 0) is 36.2 Å². The number of nitrogens with zero attached hydrogens (tertiary/aromatic N) is 2. The van der Waals surface area contributed by atoms with Gasteiger partial charge in [0, 0.05) is 6.42 Å². The van der Waals surface area contributed by atoms with Crippen molar-refractivity contribution in [2.75, 3.05) is 13.2 Å². The van der Waals surface area contributed by atoms with Gasteiger partial charge < -0.3 is 9.47 Å². The van der Waals surface area contributed by atoms with E-state index < -0.39 is 0 Å². The predicted molar refractivity (Wildman–Crippen MR) is 91.0 cm³/mol. The van der Waals surface area contributed by atoms with Crippen LogP contribution in [0.2, 0.25) is 0 Å². The number of benzene rings is 2. The van der Waals surface area contributed by atoms with Crippen molar-refractivity contribution in [2.45, 2.75) is 19.8 Å². The van der Waals surface area contributed by atoms with Gasteiger partial charge in [-0.25, -0.2) is 9.97 Å². The molecule has 1 heterocycles. The molecule has 3 rings (SSSR count). The summed E-state index contributed by atoms with van der Waals surface area (Å²) in [5, 5.41) is 0.943. The number of ether oxygens (including phenoxy) is 2. The summed E-state index contributed by atoms with van der Waals surface area (Å²) < 4.78 is 11.4. The normalized spacial score (nSPS) is 10.7. The monoisotopic (exact) mass is 308 g/mol. The first-order chi connectivity index (χ1) is 11.4. The fourth-order valence-corrected chi connectivity index (χ4v) is 2.33. The summed E-state index contributed by atoms with van der Waals surface area (Å²) in [6.07, 6.45) is 3.38. The lowest BCUT2D eigenvalue weighted by Gasteiger charge is -2.08. The summed E-state index contributed by atoms with van der Waals surface area (Å²) in [6, 6.07) is 16.0. The Morgan fingerprint density at radius 2 is 1.70 bits per heavy atom. The molecule has 0 radical (unpaired) electrons. The topological polar surface area (TPSA) is 44.2 Å². The van der Waals surface area contributed by atoms with Crippen molar-refractivity contribution in [3.8, 4) is 11.6 Å². The van der Waals surface area contributed by atoms with Gasteiger partial charge in [-0.3, -0.25) is 0 Å². The summed E-state index contributed by atoms with van der Waals surface area (Å²) in [5.74, 6) is 1.55. The Balaban J connectivity index is 1.58. The third-order valence-corrected chi connectivity index (χ3v) is 3.53. The zero-order valence-corrected chi connectivity index (χ0v) is 13.2. The molecule has 0 fully saturated rings. The van der Waals surface area contributed by atoms with Crippen LogP contribution >= 0.6 is 0 Å². The van der Waals surface area contributed by atoms with Gasteiger partial charge in [0.25, 0.3) is 0 Å². The van der Waals surface area contributed by atoms with Gasteiger partial charge in [0.2, 0.25) is 5.88 Å². The highest BCUT2D eigenvalue weighted by atomic mass is 16.5. The number of hydrogen-bond donors (Lipinski definition) is 0. The Bertz CT molecular complexity index is 751. The first kappa shape index (κ1) is 15.3. The molecule has 1 aromatic heterocycles. The summed E-state index contributed by atoms with van der Waals surface area (Å²) in [6.45, 7) is 3.43. The second kappa shape index (κ2) is 7.58. The summed E-state index contributed by atoms with van der Waals surface area (Å²) in [5.41, 5.74) is 2.11. The van der Waals surface area contributed by atoms with Crippen molar-refractivity contribution in [3.05, 3.63) is 60.4 Å². The second-order valence-electron chi connectivity index (χ2n) is 5.29. The fraction of sp³-hybridized carbons (Fsp3) is 0.263. The van der Waals surface area contributed by atoms with Gasteiger partial charge in [-0.1, -0.05) is 31.2 Å². The molecule has 0 amide bonds. The van der Waals surface area contributed by atoms with Crippen LogP contribution in [-0.2, 0) is 6.42 Å². The van der Waals surface area contributed by atoms with E-state index in [4.69, 9.17) is 9.47 Å². The van der Waals surface area contributed by atoms with Crippen LogP contribution < -0.4 is 9.47 Å². The van der Waals surface area contributed by atoms with E-state index in [1.807, 2.05) is 36.4 Å². The Hall–Kier alpha value is -2.62. The minimum atomic E-state index is 0.580. The SMILES string of the molecule is CCCOc1ccc(CCOc2ncnc3ccccc23)cc1. The average molecular weight is 308 g/mol. The molecule has 4 heteroatoms. The van der Waals surface area contributed by atoms with Crippen LogP contribution in [-0.4, -0.2) is 23.2 Å². The van der Waals surface area contributed by atoms with Crippen molar-refractivity contribution >= 4 is 10.9 Å². The Morgan fingerprint density at radius 1 is 0.870 bits per heavy atom. The minimum Gasteiger partial charge on any atom is -0.494 e. The Labute approximate surface area is 136 Å². The number of rotatable bonds is 7. The molecule has 118 valence electrons. The first-order valence-electron chi connectivity index (χ1n) is 7.91. The van der Waals surface area contributed by atoms with Crippen LogP contribution in [0.25, 0.3) is 10.9 Å². The number of aromatic nitrogens is 2. The van der Waals surface area contributed by atoms with Crippen LogP contribution in [0.1, 0.15) is 18.9 Å². The fourth-order valence-electron chi connectivity index (χ4n) is 2.33.